The van der Waals surface area contributed by atoms with Crippen LogP contribution < -0.4 is 0 Å². The Morgan fingerprint density at radius 2 is 1.40 bits per heavy atom. The minimum absolute atomic E-state index is 0.00108. The van der Waals surface area contributed by atoms with Crippen LogP contribution in [0.15, 0.2) is 0 Å². The molecule has 5 heteroatoms. The molecule has 116 valence electrons. The van der Waals surface area contributed by atoms with Gasteiger partial charge in [0.15, 0.2) is 12.2 Å². The van der Waals surface area contributed by atoms with Gasteiger partial charge in [0, 0.05) is 18.8 Å². The summed E-state index contributed by atoms with van der Waals surface area (Å²) >= 11 is 0. The summed E-state index contributed by atoms with van der Waals surface area (Å²) in [5.41, 5.74) is 0. The van der Waals surface area contributed by atoms with Crippen molar-refractivity contribution in [2.45, 2.75) is 81.6 Å². The maximum atomic E-state index is 10.4. The molecule has 0 aromatic rings. The number of aliphatic hydroxyl groups is 6. The highest BCUT2D eigenvalue weighted by Crippen LogP contribution is 2.39. The zero-order chi connectivity index (χ0) is 14.3. The van der Waals surface area contributed by atoms with E-state index in [1.807, 2.05) is 0 Å². The summed E-state index contributed by atoms with van der Waals surface area (Å²) in [7, 11) is 0. The first-order valence-electron chi connectivity index (χ1n) is 7.97. The van der Waals surface area contributed by atoms with Gasteiger partial charge >= 0.3 is 0 Å². The number of hydrogen-bond acceptors (Lipinski definition) is 4. The second-order valence-electron chi connectivity index (χ2n) is 6.94. The summed E-state index contributed by atoms with van der Waals surface area (Å²) in [6.45, 7) is 0. The van der Waals surface area contributed by atoms with Gasteiger partial charge in [0.2, 0.25) is 0 Å². The quantitative estimate of drug-likeness (QED) is 0.498. The molecule has 0 bridgehead atoms. The lowest BCUT2D eigenvalue weighted by molar-refractivity contribution is -0.294. The predicted molar refractivity (Wildman–Crippen MR) is 73.1 cm³/mol. The number of ether oxygens (including phenoxy) is 1. The molecular weight excluding hydrogens is 260 g/mol. The van der Waals surface area contributed by atoms with E-state index in [4.69, 9.17) is 4.74 Å². The molecule has 1 heterocycles. The summed E-state index contributed by atoms with van der Waals surface area (Å²) < 4.78 is 4.78. The second-order valence-corrected chi connectivity index (χ2v) is 6.94. The van der Waals surface area contributed by atoms with Crippen LogP contribution >= 0.6 is 0 Å². The van der Waals surface area contributed by atoms with Crippen molar-refractivity contribution >= 4 is 0 Å². The van der Waals surface area contributed by atoms with Gasteiger partial charge in [0.1, 0.15) is 6.10 Å². The van der Waals surface area contributed by atoms with Crippen molar-refractivity contribution < 1.29 is 25.2 Å². The summed E-state index contributed by atoms with van der Waals surface area (Å²) in [6, 6.07) is 0. The standard InChI is InChI=1S/C15H26O5/c16-9-3-1-8(2-4-9)15-13(19)7-11-12(18)5-10(17)6-14(11)20-15/h8-19H,1-7H2/p+1. The van der Waals surface area contributed by atoms with E-state index >= 15 is 0 Å². The number of aliphatic hydroxyl groups excluding tert-OH is 4. The summed E-state index contributed by atoms with van der Waals surface area (Å²) in [4.78, 5) is 0. The van der Waals surface area contributed by atoms with E-state index in [0.29, 0.717) is 25.2 Å². The maximum Gasteiger partial charge on any atom is 0.184 e. The van der Waals surface area contributed by atoms with E-state index < -0.39 is 18.3 Å². The average Bonchev–Trinajstić information content (AvgIpc) is 2.40. The fraction of sp³-hybridized carbons (Fsp3) is 1.00. The third-order valence-electron chi connectivity index (χ3n) is 5.51. The van der Waals surface area contributed by atoms with Crippen molar-refractivity contribution in [3.05, 3.63) is 0 Å². The van der Waals surface area contributed by atoms with Crippen LogP contribution in [0.4, 0.5) is 0 Å². The fourth-order valence-corrected chi connectivity index (χ4v) is 4.36. The smallest absolute Gasteiger partial charge is 0.184 e. The minimum atomic E-state index is -0.545. The Morgan fingerprint density at radius 3 is 2.10 bits per heavy atom. The van der Waals surface area contributed by atoms with Crippen LogP contribution in [-0.4, -0.2) is 61.8 Å². The molecule has 0 aromatic carbocycles. The molecule has 20 heavy (non-hydrogen) atoms. The molecule has 5 nitrogen and oxygen atoms in total. The summed E-state index contributed by atoms with van der Waals surface area (Å²) in [6.07, 6.45) is 3.22. The van der Waals surface area contributed by atoms with Crippen molar-refractivity contribution in [3.8, 4) is 0 Å². The molecule has 6 unspecified atom stereocenters. The van der Waals surface area contributed by atoms with Gasteiger partial charge in [-0.2, -0.15) is 0 Å². The van der Waals surface area contributed by atoms with Gasteiger partial charge in [-0.1, -0.05) is 0 Å². The lowest BCUT2D eigenvalue weighted by atomic mass is 9.73. The van der Waals surface area contributed by atoms with Gasteiger partial charge in [0.05, 0.1) is 24.2 Å². The number of fused-ring (bicyclic) bond motifs is 1. The van der Waals surface area contributed by atoms with Crippen molar-refractivity contribution in [2.24, 2.45) is 11.8 Å². The van der Waals surface area contributed by atoms with Crippen molar-refractivity contribution in [1.29, 1.82) is 0 Å². The third kappa shape index (κ3) is 2.88. The first-order valence-corrected chi connectivity index (χ1v) is 7.97. The molecule has 0 spiro atoms. The molecule has 3 fully saturated rings. The van der Waals surface area contributed by atoms with E-state index in [0.717, 1.165) is 25.7 Å². The highest BCUT2D eigenvalue weighted by molar-refractivity contribution is 4.95. The SMILES string of the molecule is OC1CCC(C2[OH+]C3CC(O)CC(O)C3CC2O)CC1. The molecular formula is C15H27O5+. The zero-order valence-electron chi connectivity index (χ0n) is 11.8. The molecule has 5 N–H and O–H groups in total. The lowest BCUT2D eigenvalue weighted by Gasteiger charge is -2.45. The monoisotopic (exact) mass is 287 g/mol. The van der Waals surface area contributed by atoms with Gasteiger partial charge in [0.25, 0.3) is 0 Å². The van der Waals surface area contributed by atoms with Crippen LogP contribution in [-0.2, 0) is 0 Å². The van der Waals surface area contributed by atoms with Crippen molar-refractivity contribution in [1.82, 2.24) is 0 Å². The Bertz CT molecular complexity index is 328. The zero-order valence-corrected chi connectivity index (χ0v) is 11.8. The topological polar surface area (TPSA) is 93.7 Å². The van der Waals surface area contributed by atoms with Crippen molar-refractivity contribution in [3.63, 3.8) is 0 Å². The van der Waals surface area contributed by atoms with E-state index in [9.17, 15) is 20.4 Å². The number of hydrogen-bond donors (Lipinski definition) is 4. The second kappa shape index (κ2) is 5.89. The van der Waals surface area contributed by atoms with Gasteiger partial charge in [-0.25, -0.2) is 0 Å². The van der Waals surface area contributed by atoms with Gasteiger partial charge in [-0.15, -0.1) is 0 Å². The molecule has 1 saturated heterocycles. The molecule has 2 aliphatic carbocycles. The van der Waals surface area contributed by atoms with Gasteiger partial charge in [-0.05, 0) is 32.1 Å². The molecule has 0 amide bonds. The Hall–Kier alpha value is -0.200. The molecule has 3 rings (SSSR count). The Morgan fingerprint density at radius 1 is 0.700 bits per heavy atom. The van der Waals surface area contributed by atoms with Crippen LogP contribution in [0.25, 0.3) is 0 Å². The van der Waals surface area contributed by atoms with Crippen LogP contribution in [0.3, 0.4) is 0 Å². The Balaban J connectivity index is 1.65. The predicted octanol–water partition coefficient (Wildman–Crippen LogP) is -0.301. The molecule has 0 aromatic heterocycles. The van der Waals surface area contributed by atoms with Gasteiger partial charge < -0.3 is 25.2 Å². The van der Waals surface area contributed by atoms with Crippen LogP contribution in [0.1, 0.15) is 44.9 Å². The highest BCUT2D eigenvalue weighted by atomic mass is 16.5. The van der Waals surface area contributed by atoms with Crippen LogP contribution in [0.2, 0.25) is 0 Å². The Kier molecular flexibility index (Phi) is 4.34. The minimum Gasteiger partial charge on any atom is -0.427 e. The molecule has 1 aliphatic heterocycles. The van der Waals surface area contributed by atoms with E-state index in [2.05, 4.69) is 0 Å². The third-order valence-corrected chi connectivity index (χ3v) is 5.51. The first kappa shape index (κ1) is 14.7. The van der Waals surface area contributed by atoms with Gasteiger partial charge in [-0.3, -0.25) is 0 Å². The van der Waals surface area contributed by atoms with Crippen LogP contribution in [0, 0.1) is 11.8 Å². The summed E-state index contributed by atoms with van der Waals surface area (Å²) in [5, 5.41) is 39.8. The Labute approximate surface area is 119 Å². The van der Waals surface area contributed by atoms with Crippen molar-refractivity contribution in [2.75, 3.05) is 0 Å². The van der Waals surface area contributed by atoms with E-state index in [1.165, 1.54) is 0 Å². The molecule has 2 saturated carbocycles. The lowest BCUT2D eigenvalue weighted by Crippen LogP contribution is -2.57. The van der Waals surface area contributed by atoms with E-state index in [-0.39, 0.29) is 24.2 Å². The summed E-state index contributed by atoms with van der Waals surface area (Å²) in [5.74, 6) is 0.337. The number of rotatable bonds is 1. The largest absolute Gasteiger partial charge is 0.427 e. The molecule has 3 aliphatic rings. The highest BCUT2D eigenvalue weighted by Gasteiger charge is 2.50. The molecule has 6 atom stereocenters. The first-order chi connectivity index (χ1) is 9.54. The fourth-order valence-electron chi connectivity index (χ4n) is 4.36. The van der Waals surface area contributed by atoms with Crippen LogP contribution in [0.5, 0.6) is 0 Å². The molecule has 0 radical (unpaired) electrons. The average molecular weight is 287 g/mol. The normalized spacial score (nSPS) is 53.4. The maximum absolute atomic E-state index is 10.4. The van der Waals surface area contributed by atoms with E-state index in [1.54, 1.807) is 0 Å².